The van der Waals surface area contributed by atoms with Gasteiger partial charge in [-0.05, 0) is 24.3 Å². The Kier molecular flexibility index (Phi) is 6.26. The minimum Gasteiger partial charge on any atom is -0.395 e. The van der Waals surface area contributed by atoms with Gasteiger partial charge in [0.05, 0.1) is 34.2 Å². The van der Waals surface area contributed by atoms with Gasteiger partial charge in [0, 0.05) is 50.8 Å². The van der Waals surface area contributed by atoms with Crippen molar-refractivity contribution >= 4 is 39.7 Å². The minimum absolute atomic E-state index is 0.0540. The second-order valence-corrected chi connectivity index (χ2v) is 10.3. The number of nitrogens with one attached hydrogen (secondary N) is 1. The van der Waals surface area contributed by atoms with E-state index >= 15 is 0 Å². The Hall–Kier alpha value is -6.00. The molecule has 0 spiro atoms. The fraction of sp³-hybridized carbons (Fsp3) is 0.172. The number of anilines is 1. The van der Waals surface area contributed by atoms with Gasteiger partial charge in [-0.25, -0.2) is 14.5 Å². The van der Waals surface area contributed by atoms with Crippen LogP contribution in [0.2, 0.25) is 0 Å². The van der Waals surface area contributed by atoms with Crippen LogP contribution in [0.25, 0.3) is 22.1 Å². The third-order valence-corrected chi connectivity index (χ3v) is 7.18. The van der Waals surface area contributed by atoms with Crippen molar-refractivity contribution in [3.63, 3.8) is 0 Å². The highest BCUT2D eigenvalue weighted by Gasteiger charge is 2.45. The highest BCUT2D eigenvalue weighted by atomic mass is 19.3. The van der Waals surface area contributed by atoms with Gasteiger partial charge >= 0.3 is 12.6 Å². The van der Waals surface area contributed by atoms with Crippen molar-refractivity contribution in [2.24, 2.45) is 14.1 Å². The summed E-state index contributed by atoms with van der Waals surface area (Å²) in [7, 11) is 3.49. The van der Waals surface area contributed by atoms with Crippen LogP contribution in [0.1, 0.15) is 26.8 Å². The summed E-state index contributed by atoms with van der Waals surface area (Å²) in [6.45, 7) is 0. The molecule has 4 aromatic heterocycles. The predicted molar refractivity (Wildman–Crippen MR) is 151 cm³/mol. The Bertz CT molecular complexity index is 2150. The Morgan fingerprint density at radius 1 is 0.804 bits per heavy atom. The first kappa shape index (κ1) is 28.8. The van der Waals surface area contributed by atoms with E-state index in [1.807, 2.05) is 0 Å². The van der Waals surface area contributed by atoms with Crippen LogP contribution in [-0.2, 0) is 20.5 Å². The molecule has 6 aromatic rings. The summed E-state index contributed by atoms with van der Waals surface area (Å²) in [4.78, 5) is 36.1. The van der Waals surface area contributed by atoms with Gasteiger partial charge in [0.15, 0.2) is 28.8 Å². The molecule has 0 saturated carbocycles. The second-order valence-electron chi connectivity index (χ2n) is 10.3. The number of benzene rings is 2. The lowest BCUT2D eigenvalue weighted by Gasteiger charge is -2.06. The average molecular weight is 640 g/mol. The van der Waals surface area contributed by atoms with Crippen molar-refractivity contribution in [1.29, 1.82) is 0 Å². The lowest BCUT2D eigenvalue weighted by molar-refractivity contribution is -0.287. The summed E-state index contributed by atoms with van der Waals surface area (Å²) in [6.07, 6.45) is -3.83. The SMILES string of the molecule is Cn1cccc1C(=O)Cc1nc2cc3c(cc2[nH]1)OC(F)(F)O3.Cn1cccc1C(=O)n1c(N)nc2cc3c(cc21)OC(F)(F)O3. The minimum atomic E-state index is -3.74. The van der Waals surface area contributed by atoms with Crippen molar-refractivity contribution in [3.05, 3.63) is 78.1 Å². The maximum atomic E-state index is 13.1. The number of carbonyl (C=O) groups excluding carboxylic acids is 2. The first-order chi connectivity index (χ1) is 21.8. The number of halogens is 4. The number of nitrogen functional groups attached to an aromatic ring is 1. The van der Waals surface area contributed by atoms with E-state index in [4.69, 9.17) is 5.73 Å². The number of carbonyl (C=O) groups is 2. The molecule has 8 rings (SSSR count). The standard InChI is InChI=1S/C15H11F2N3O3.C14H10F2N4O3/c1-20-4-2-3-10(20)11(21)7-14-18-8-5-12-13(6-9(8)19-14)23-15(16,17)22-12;1-19-4-2-3-8(19)12(21)20-9-6-11-10(22-14(15,16)23-11)5-7(9)18-13(20)17/h2-6H,7H2,1H3,(H,18,19);2-6H,1H3,(H2,17,18). The fourth-order valence-electron chi connectivity index (χ4n) is 5.14. The average Bonchev–Trinajstić information content (AvgIpc) is 3.79. The lowest BCUT2D eigenvalue weighted by Crippen LogP contribution is -2.26. The summed E-state index contributed by atoms with van der Waals surface area (Å²) < 4.78 is 74.4. The summed E-state index contributed by atoms with van der Waals surface area (Å²) in [5.74, 6) is -0.600. The Balaban J connectivity index is 0.000000147. The third-order valence-electron chi connectivity index (χ3n) is 7.18. The van der Waals surface area contributed by atoms with E-state index in [-0.39, 0.29) is 52.2 Å². The second kappa shape index (κ2) is 10.0. The first-order valence-electron chi connectivity index (χ1n) is 13.4. The van der Waals surface area contributed by atoms with Crippen LogP contribution < -0.4 is 24.7 Å². The predicted octanol–water partition coefficient (Wildman–Crippen LogP) is 4.62. The summed E-state index contributed by atoms with van der Waals surface area (Å²) in [5, 5.41) is 0. The molecule has 236 valence electrons. The molecule has 0 saturated heterocycles. The van der Waals surface area contributed by atoms with E-state index in [9.17, 15) is 27.2 Å². The molecule has 17 heteroatoms. The van der Waals surface area contributed by atoms with Gasteiger partial charge in [-0.2, -0.15) is 0 Å². The van der Waals surface area contributed by atoms with Crippen LogP contribution in [-0.4, -0.2) is 52.9 Å². The van der Waals surface area contributed by atoms with Gasteiger partial charge < -0.3 is 38.8 Å². The zero-order valence-electron chi connectivity index (χ0n) is 23.8. The molecule has 0 atom stereocenters. The molecule has 0 aliphatic carbocycles. The van der Waals surface area contributed by atoms with Gasteiger partial charge in [-0.3, -0.25) is 9.59 Å². The zero-order valence-corrected chi connectivity index (χ0v) is 23.8. The molecule has 0 unspecified atom stereocenters. The Morgan fingerprint density at radius 2 is 1.35 bits per heavy atom. The topological polar surface area (TPSA) is 153 Å². The maximum absolute atomic E-state index is 13.1. The van der Waals surface area contributed by atoms with Crippen molar-refractivity contribution in [2.75, 3.05) is 5.73 Å². The highest BCUT2D eigenvalue weighted by molar-refractivity contribution is 6.03. The maximum Gasteiger partial charge on any atom is 0.586 e. The Labute approximate surface area is 254 Å². The largest absolute Gasteiger partial charge is 0.586 e. The molecule has 13 nitrogen and oxygen atoms in total. The number of imidazole rings is 2. The number of fused-ring (bicyclic) bond motifs is 4. The quantitative estimate of drug-likeness (QED) is 0.208. The number of nitrogens with zero attached hydrogens (tertiary/aromatic N) is 5. The van der Waals surface area contributed by atoms with E-state index in [1.54, 1.807) is 59.9 Å². The number of H-pyrrole nitrogens is 1. The number of ketones is 1. The molecule has 2 aromatic carbocycles. The van der Waals surface area contributed by atoms with E-state index in [0.29, 0.717) is 28.2 Å². The number of aromatic amines is 1. The number of aryl methyl sites for hydroxylation is 2. The van der Waals surface area contributed by atoms with E-state index < -0.39 is 18.5 Å². The van der Waals surface area contributed by atoms with Crippen molar-refractivity contribution in [2.45, 2.75) is 19.0 Å². The molecular formula is C29H21F4N7O6. The zero-order chi connectivity index (χ0) is 32.5. The molecule has 6 heterocycles. The van der Waals surface area contributed by atoms with Crippen LogP contribution in [0.4, 0.5) is 23.5 Å². The number of Topliss-reactive ketones (excluding diaryl/α,β-unsaturated/α-hetero) is 1. The van der Waals surface area contributed by atoms with Crippen LogP contribution in [0, 0.1) is 0 Å². The van der Waals surface area contributed by atoms with E-state index in [0.717, 1.165) is 4.57 Å². The molecule has 0 radical (unpaired) electrons. The number of aromatic nitrogens is 6. The number of ether oxygens (including phenoxy) is 4. The van der Waals surface area contributed by atoms with Gasteiger partial charge in [0.2, 0.25) is 5.95 Å². The van der Waals surface area contributed by atoms with E-state index in [1.165, 1.54) is 24.3 Å². The number of nitrogens with two attached hydrogens (primary N) is 1. The molecule has 46 heavy (non-hydrogen) atoms. The third kappa shape index (κ3) is 5.00. The monoisotopic (exact) mass is 639 g/mol. The molecule has 2 aliphatic heterocycles. The highest BCUT2D eigenvalue weighted by Crippen LogP contribution is 2.44. The smallest absolute Gasteiger partial charge is 0.395 e. The van der Waals surface area contributed by atoms with Crippen molar-refractivity contribution < 1.29 is 46.1 Å². The summed E-state index contributed by atoms with van der Waals surface area (Å²) in [6, 6.07) is 12.1. The van der Waals surface area contributed by atoms with Crippen molar-refractivity contribution in [3.8, 4) is 23.0 Å². The Morgan fingerprint density at radius 3 is 1.93 bits per heavy atom. The van der Waals surface area contributed by atoms with Crippen LogP contribution >= 0.6 is 0 Å². The molecule has 0 bridgehead atoms. The normalized spacial score (nSPS) is 15.3. The van der Waals surface area contributed by atoms with Gasteiger partial charge in [0.25, 0.3) is 5.91 Å². The van der Waals surface area contributed by atoms with E-state index in [2.05, 4.69) is 33.9 Å². The van der Waals surface area contributed by atoms with Gasteiger partial charge in [-0.1, -0.05) is 0 Å². The molecule has 3 N–H and O–H groups in total. The summed E-state index contributed by atoms with van der Waals surface area (Å²) >= 11 is 0. The number of alkyl halides is 4. The molecular weight excluding hydrogens is 618 g/mol. The van der Waals surface area contributed by atoms with Gasteiger partial charge in [-0.15, -0.1) is 17.6 Å². The first-order valence-corrected chi connectivity index (χ1v) is 13.4. The summed E-state index contributed by atoms with van der Waals surface area (Å²) in [5.41, 5.74) is 8.20. The number of rotatable bonds is 4. The van der Waals surface area contributed by atoms with Crippen LogP contribution in [0.15, 0.2) is 60.9 Å². The number of hydrogen-bond donors (Lipinski definition) is 2. The lowest BCUT2D eigenvalue weighted by atomic mass is 10.2. The van der Waals surface area contributed by atoms with Crippen molar-refractivity contribution in [1.82, 2.24) is 28.7 Å². The van der Waals surface area contributed by atoms with Gasteiger partial charge in [0.1, 0.15) is 11.5 Å². The molecule has 0 amide bonds. The molecule has 0 fully saturated rings. The number of hydrogen-bond acceptors (Lipinski definition) is 9. The van der Waals surface area contributed by atoms with Crippen LogP contribution in [0.3, 0.4) is 0 Å². The fourth-order valence-corrected chi connectivity index (χ4v) is 5.14. The van der Waals surface area contributed by atoms with Crippen LogP contribution in [0.5, 0.6) is 23.0 Å². The molecule has 2 aliphatic rings.